The number of piperidine rings is 2. The molecule has 8 nitrogen and oxygen atoms in total. The normalized spacial score (nSPS) is 18.3. The van der Waals surface area contributed by atoms with E-state index in [0.717, 1.165) is 24.8 Å². The van der Waals surface area contributed by atoms with Gasteiger partial charge < -0.3 is 19.0 Å². The number of hydrogen-bond acceptors (Lipinski definition) is 7. The van der Waals surface area contributed by atoms with Crippen LogP contribution in [0.2, 0.25) is 0 Å². The van der Waals surface area contributed by atoms with Gasteiger partial charge in [-0.15, -0.1) is 0 Å². The van der Waals surface area contributed by atoms with E-state index in [-0.39, 0.29) is 17.5 Å². The molecule has 2 fully saturated rings. The summed E-state index contributed by atoms with van der Waals surface area (Å²) >= 11 is 0. The number of rotatable bonds is 5. The summed E-state index contributed by atoms with van der Waals surface area (Å²) in [6.45, 7) is 7.57. The van der Waals surface area contributed by atoms with Crippen LogP contribution in [-0.4, -0.2) is 59.5 Å². The summed E-state index contributed by atoms with van der Waals surface area (Å²) in [6.07, 6.45) is 6.77. The lowest BCUT2D eigenvalue weighted by atomic mass is 9.92. The lowest BCUT2D eigenvalue weighted by Crippen LogP contribution is -2.38. The molecule has 2 aromatic heterocycles. The fourth-order valence-electron chi connectivity index (χ4n) is 4.36. The summed E-state index contributed by atoms with van der Waals surface area (Å²) in [6, 6.07) is 3.83. The molecule has 8 heteroatoms. The van der Waals surface area contributed by atoms with Crippen molar-refractivity contribution in [2.45, 2.75) is 45.4 Å². The van der Waals surface area contributed by atoms with E-state index in [2.05, 4.69) is 21.8 Å². The maximum Gasteiger partial charge on any atom is 0.360 e. The van der Waals surface area contributed by atoms with Crippen LogP contribution in [0.5, 0.6) is 0 Å². The second kappa shape index (κ2) is 9.49. The van der Waals surface area contributed by atoms with E-state index in [1.54, 1.807) is 13.1 Å². The molecule has 1 amide bonds. The summed E-state index contributed by atoms with van der Waals surface area (Å²) in [5, 5.41) is 0. The Morgan fingerprint density at radius 3 is 2.48 bits per heavy atom. The average Bonchev–Trinajstić information content (AvgIpc) is 3.30. The van der Waals surface area contributed by atoms with Gasteiger partial charge in [0.25, 0.3) is 5.91 Å². The molecular formula is C23H30N4O4. The SMILES string of the molecule is CCOC(=O)c1ncoc1C1CCN(C(=O)c2ccc(N3CCC(C)CC3)nc2)CC1. The first-order valence-electron chi connectivity index (χ1n) is 11.2. The molecule has 31 heavy (non-hydrogen) atoms. The minimum Gasteiger partial charge on any atom is -0.461 e. The lowest BCUT2D eigenvalue weighted by molar-refractivity contribution is 0.0513. The Labute approximate surface area is 182 Å². The molecule has 0 spiro atoms. The number of carbonyl (C=O) groups excluding carboxylic acids is 2. The zero-order valence-corrected chi connectivity index (χ0v) is 18.2. The quantitative estimate of drug-likeness (QED) is 0.676. The number of pyridine rings is 1. The van der Waals surface area contributed by atoms with Crippen molar-refractivity contribution in [2.75, 3.05) is 37.7 Å². The fourth-order valence-corrected chi connectivity index (χ4v) is 4.36. The minimum atomic E-state index is -0.459. The standard InChI is InChI=1S/C23H30N4O4/c1-3-30-23(29)20-21(31-15-25-20)17-8-12-27(13-9-17)22(28)18-4-5-19(24-14-18)26-10-6-16(2)7-11-26/h4-5,14-17H,3,6-13H2,1-2H3. The number of anilines is 1. The van der Waals surface area contributed by atoms with Crippen LogP contribution >= 0.6 is 0 Å². The van der Waals surface area contributed by atoms with Gasteiger partial charge in [0.2, 0.25) is 0 Å². The first-order valence-corrected chi connectivity index (χ1v) is 11.2. The van der Waals surface area contributed by atoms with Gasteiger partial charge in [-0.1, -0.05) is 6.92 Å². The van der Waals surface area contributed by atoms with Gasteiger partial charge in [-0.3, -0.25) is 4.79 Å². The highest BCUT2D eigenvalue weighted by Gasteiger charge is 2.31. The second-order valence-corrected chi connectivity index (χ2v) is 8.43. The van der Waals surface area contributed by atoms with Gasteiger partial charge in [0.1, 0.15) is 11.6 Å². The monoisotopic (exact) mass is 426 g/mol. The summed E-state index contributed by atoms with van der Waals surface area (Å²) in [5.41, 5.74) is 0.859. The molecule has 0 aliphatic carbocycles. The Balaban J connectivity index is 1.34. The average molecular weight is 427 g/mol. The van der Waals surface area contributed by atoms with Gasteiger partial charge in [-0.2, -0.15) is 0 Å². The summed E-state index contributed by atoms with van der Waals surface area (Å²) in [7, 11) is 0. The van der Waals surface area contributed by atoms with E-state index in [4.69, 9.17) is 9.15 Å². The van der Waals surface area contributed by atoms with Crippen LogP contribution in [0, 0.1) is 5.92 Å². The zero-order chi connectivity index (χ0) is 21.8. The molecule has 2 saturated heterocycles. The van der Waals surface area contributed by atoms with E-state index >= 15 is 0 Å². The Kier molecular flexibility index (Phi) is 6.53. The molecule has 4 rings (SSSR count). The van der Waals surface area contributed by atoms with Gasteiger partial charge in [-0.25, -0.2) is 14.8 Å². The lowest BCUT2D eigenvalue weighted by Gasteiger charge is -2.32. The van der Waals surface area contributed by atoms with Gasteiger partial charge in [-0.05, 0) is 50.7 Å². The molecule has 0 N–H and O–H groups in total. The van der Waals surface area contributed by atoms with Crippen molar-refractivity contribution in [2.24, 2.45) is 5.92 Å². The molecule has 2 aromatic rings. The molecule has 0 aromatic carbocycles. The summed E-state index contributed by atoms with van der Waals surface area (Å²) in [4.78, 5) is 37.7. The molecule has 2 aliphatic heterocycles. The predicted octanol–water partition coefficient (Wildman–Crippen LogP) is 3.50. The van der Waals surface area contributed by atoms with E-state index in [0.29, 0.717) is 43.9 Å². The van der Waals surface area contributed by atoms with Crippen molar-refractivity contribution >= 4 is 17.7 Å². The Morgan fingerprint density at radius 1 is 1.10 bits per heavy atom. The second-order valence-electron chi connectivity index (χ2n) is 8.43. The summed E-state index contributed by atoms with van der Waals surface area (Å²) in [5.74, 6) is 1.86. The van der Waals surface area contributed by atoms with Gasteiger partial charge in [0, 0.05) is 38.3 Å². The van der Waals surface area contributed by atoms with E-state index < -0.39 is 5.97 Å². The van der Waals surface area contributed by atoms with Crippen LogP contribution in [0.3, 0.4) is 0 Å². The van der Waals surface area contributed by atoms with Gasteiger partial charge in [0.15, 0.2) is 12.1 Å². The molecule has 0 radical (unpaired) electrons. The fraction of sp³-hybridized carbons (Fsp3) is 0.565. The third kappa shape index (κ3) is 4.73. The summed E-state index contributed by atoms with van der Waals surface area (Å²) < 4.78 is 10.6. The highest BCUT2D eigenvalue weighted by Crippen LogP contribution is 2.31. The van der Waals surface area contributed by atoms with Crippen LogP contribution < -0.4 is 4.90 Å². The Morgan fingerprint density at radius 2 is 1.84 bits per heavy atom. The minimum absolute atomic E-state index is 0.00653. The van der Waals surface area contributed by atoms with E-state index in [1.165, 1.54) is 19.2 Å². The molecule has 4 heterocycles. The largest absolute Gasteiger partial charge is 0.461 e. The Bertz CT molecular complexity index is 895. The smallest absolute Gasteiger partial charge is 0.360 e. The van der Waals surface area contributed by atoms with Crippen LogP contribution in [0.4, 0.5) is 5.82 Å². The van der Waals surface area contributed by atoms with Crippen molar-refractivity contribution in [1.29, 1.82) is 0 Å². The molecule has 0 unspecified atom stereocenters. The van der Waals surface area contributed by atoms with E-state index in [9.17, 15) is 9.59 Å². The molecule has 0 bridgehead atoms. The van der Waals surface area contributed by atoms with Crippen LogP contribution in [0.1, 0.15) is 72.1 Å². The number of oxazole rings is 1. The van der Waals surface area contributed by atoms with Crippen molar-refractivity contribution in [3.8, 4) is 0 Å². The third-order valence-corrected chi connectivity index (χ3v) is 6.32. The maximum atomic E-state index is 12.9. The molecule has 2 aliphatic rings. The van der Waals surface area contributed by atoms with Crippen LogP contribution in [0.25, 0.3) is 0 Å². The van der Waals surface area contributed by atoms with Crippen molar-refractivity contribution in [1.82, 2.24) is 14.9 Å². The first kappa shape index (κ1) is 21.3. The topological polar surface area (TPSA) is 88.8 Å². The highest BCUT2D eigenvalue weighted by molar-refractivity contribution is 5.94. The molecule has 0 atom stereocenters. The number of nitrogens with zero attached hydrogens (tertiary/aromatic N) is 4. The number of esters is 1. The van der Waals surface area contributed by atoms with Crippen LogP contribution in [-0.2, 0) is 4.74 Å². The van der Waals surface area contributed by atoms with Crippen LogP contribution in [0.15, 0.2) is 29.1 Å². The number of ether oxygens (including phenoxy) is 1. The number of amides is 1. The predicted molar refractivity (Wildman–Crippen MR) is 115 cm³/mol. The highest BCUT2D eigenvalue weighted by atomic mass is 16.5. The van der Waals surface area contributed by atoms with Crippen molar-refractivity contribution in [3.63, 3.8) is 0 Å². The number of likely N-dealkylation sites (tertiary alicyclic amines) is 1. The first-order chi connectivity index (χ1) is 15.1. The zero-order valence-electron chi connectivity index (χ0n) is 18.2. The molecular weight excluding hydrogens is 396 g/mol. The molecule has 0 saturated carbocycles. The third-order valence-electron chi connectivity index (χ3n) is 6.32. The van der Waals surface area contributed by atoms with Crippen molar-refractivity contribution < 1.29 is 18.7 Å². The maximum absolute atomic E-state index is 12.9. The van der Waals surface area contributed by atoms with Gasteiger partial charge >= 0.3 is 5.97 Å². The number of aromatic nitrogens is 2. The Hall–Kier alpha value is -2.90. The number of carbonyl (C=O) groups is 2. The van der Waals surface area contributed by atoms with Gasteiger partial charge in [0.05, 0.1) is 12.2 Å². The number of hydrogen-bond donors (Lipinski definition) is 0. The molecule has 166 valence electrons. The van der Waals surface area contributed by atoms with E-state index in [1.807, 2.05) is 17.0 Å². The van der Waals surface area contributed by atoms with Crippen molar-refractivity contribution in [3.05, 3.63) is 41.7 Å².